The lowest BCUT2D eigenvalue weighted by Crippen LogP contribution is -2.46. The predicted octanol–water partition coefficient (Wildman–Crippen LogP) is 1.07. The van der Waals surface area contributed by atoms with E-state index in [0.717, 1.165) is 24.1 Å². The largest absolute Gasteiger partial charge is 0.368 e. The van der Waals surface area contributed by atoms with Gasteiger partial charge in [0, 0.05) is 5.69 Å². The fraction of sp³-hybridized carbons (Fsp3) is 0.533. The molecule has 1 aromatic rings. The third-order valence-corrected chi connectivity index (χ3v) is 3.75. The van der Waals surface area contributed by atoms with E-state index in [-0.39, 0.29) is 5.56 Å². The molecule has 0 radical (unpaired) electrons. The van der Waals surface area contributed by atoms with E-state index in [1.165, 1.54) is 0 Å². The van der Waals surface area contributed by atoms with Crippen molar-refractivity contribution in [2.45, 2.75) is 53.0 Å². The first-order valence-electron chi connectivity index (χ1n) is 7.09. The molecule has 0 saturated heterocycles. The number of amides is 2. The number of hydrogen-bond acceptors (Lipinski definition) is 3. The van der Waals surface area contributed by atoms with Crippen molar-refractivity contribution < 1.29 is 9.59 Å². The number of aromatic amines is 1. The second kappa shape index (κ2) is 7.06. The van der Waals surface area contributed by atoms with Crippen LogP contribution in [0.15, 0.2) is 4.79 Å². The second-order valence-corrected chi connectivity index (χ2v) is 5.27. The van der Waals surface area contributed by atoms with Gasteiger partial charge in [0.2, 0.25) is 5.91 Å². The van der Waals surface area contributed by atoms with Gasteiger partial charge in [-0.2, -0.15) is 0 Å². The molecule has 0 spiro atoms. The van der Waals surface area contributed by atoms with Crippen molar-refractivity contribution in [2.75, 3.05) is 0 Å². The van der Waals surface area contributed by atoms with Crippen LogP contribution in [0.1, 0.15) is 53.4 Å². The number of hydrogen-bond donors (Lipinski definition) is 3. The van der Waals surface area contributed by atoms with Gasteiger partial charge < -0.3 is 16.0 Å². The Balaban J connectivity index is 3.06. The maximum Gasteiger partial charge on any atom is 0.261 e. The van der Waals surface area contributed by atoms with Crippen molar-refractivity contribution in [3.8, 4) is 0 Å². The van der Waals surface area contributed by atoms with E-state index in [1.807, 2.05) is 13.8 Å². The van der Waals surface area contributed by atoms with Crippen molar-refractivity contribution in [3.05, 3.63) is 32.7 Å². The van der Waals surface area contributed by atoms with Crippen molar-refractivity contribution in [3.63, 3.8) is 0 Å². The Labute approximate surface area is 124 Å². The smallest absolute Gasteiger partial charge is 0.261 e. The topological polar surface area (TPSA) is 105 Å². The van der Waals surface area contributed by atoms with Crippen molar-refractivity contribution >= 4 is 11.8 Å². The summed E-state index contributed by atoms with van der Waals surface area (Å²) < 4.78 is 0. The minimum absolute atomic E-state index is 0.0425. The molecule has 1 atom stereocenters. The number of carbonyl (C=O) groups is 2. The van der Waals surface area contributed by atoms with E-state index in [2.05, 4.69) is 10.3 Å². The molecule has 0 fully saturated rings. The zero-order chi connectivity index (χ0) is 16.2. The highest BCUT2D eigenvalue weighted by Gasteiger charge is 2.22. The zero-order valence-electron chi connectivity index (χ0n) is 13.0. The lowest BCUT2D eigenvalue weighted by Gasteiger charge is -2.16. The van der Waals surface area contributed by atoms with Gasteiger partial charge in [0.05, 0.1) is 0 Å². The van der Waals surface area contributed by atoms with Gasteiger partial charge in [-0.25, -0.2) is 0 Å². The van der Waals surface area contributed by atoms with E-state index in [0.29, 0.717) is 12.0 Å². The molecule has 1 heterocycles. The fourth-order valence-corrected chi connectivity index (χ4v) is 2.16. The monoisotopic (exact) mass is 293 g/mol. The Bertz CT molecular complexity index is 605. The summed E-state index contributed by atoms with van der Waals surface area (Å²) in [4.78, 5) is 38.3. The molecular formula is C15H23N3O3. The number of unbranched alkanes of at least 4 members (excludes halogenated alkanes) is 1. The van der Waals surface area contributed by atoms with Gasteiger partial charge >= 0.3 is 0 Å². The highest BCUT2D eigenvalue weighted by Crippen LogP contribution is 2.12. The first-order valence-corrected chi connectivity index (χ1v) is 7.09. The minimum atomic E-state index is -0.752. The number of rotatable bonds is 6. The normalized spacial score (nSPS) is 12.0. The van der Waals surface area contributed by atoms with Crippen LogP contribution in [0.3, 0.4) is 0 Å². The van der Waals surface area contributed by atoms with E-state index in [1.54, 1.807) is 13.8 Å². The molecule has 2 amide bonds. The van der Waals surface area contributed by atoms with Crippen molar-refractivity contribution in [1.82, 2.24) is 10.3 Å². The zero-order valence-corrected chi connectivity index (χ0v) is 13.0. The Hall–Kier alpha value is -2.11. The van der Waals surface area contributed by atoms with Gasteiger partial charge in [0.1, 0.15) is 11.6 Å². The molecule has 4 N–H and O–H groups in total. The molecular weight excluding hydrogens is 270 g/mol. The van der Waals surface area contributed by atoms with Crippen LogP contribution in [0.4, 0.5) is 0 Å². The molecule has 21 heavy (non-hydrogen) atoms. The number of nitrogens with one attached hydrogen (secondary N) is 2. The van der Waals surface area contributed by atoms with Gasteiger partial charge in [0.25, 0.3) is 11.5 Å². The number of carbonyl (C=O) groups excluding carboxylic acids is 2. The Morgan fingerprint density at radius 3 is 2.38 bits per heavy atom. The fourth-order valence-electron chi connectivity index (χ4n) is 2.16. The first kappa shape index (κ1) is 16.9. The Kier molecular flexibility index (Phi) is 5.69. The molecule has 1 aromatic heterocycles. The first-order chi connectivity index (χ1) is 9.79. The average molecular weight is 293 g/mol. The lowest BCUT2D eigenvalue weighted by atomic mass is 10.0. The Morgan fingerprint density at radius 1 is 1.24 bits per heavy atom. The summed E-state index contributed by atoms with van der Waals surface area (Å²) in [5.41, 5.74) is 7.08. The Morgan fingerprint density at radius 2 is 1.86 bits per heavy atom. The lowest BCUT2D eigenvalue weighted by molar-refractivity contribution is -0.120. The molecule has 6 nitrogen and oxygen atoms in total. The predicted molar refractivity (Wildman–Crippen MR) is 81.2 cm³/mol. The van der Waals surface area contributed by atoms with Crippen LogP contribution >= 0.6 is 0 Å². The number of aryl methyl sites for hydroxylation is 1. The van der Waals surface area contributed by atoms with E-state index < -0.39 is 23.4 Å². The molecule has 1 rings (SSSR count). The van der Waals surface area contributed by atoms with Gasteiger partial charge in [0.15, 0.2) is 0 Å². The van der Waals surface area contributed by atoms with Crippen LogP contribution in [0, 0.1) is 20.8 Å². The second-order valence-electron chi connectivity index (χ2n) is 5.27. The van der Waals surface area contributed by atoms with Crippen molar-refractivity contribution in [1.29, 1.82) is 0 Å². The minimum Gasteiger partial charge on any atom is -0.368 e. The number of pyridine rings is 1. The summed E-state index contributed by atoms with van der Waals surface area (Å²) in [6, 6.07) is -0.752. The molecule has 0 bridgehead atoms. The van der Waals surface area contributed by atoms with E-state index in [9.17, 15) is 14.4 Å². The number of primary amides is 1. The van der Waals surface area contributed by atoms with Crippen LogP contribution in [0.5, 0.6) is 0 Å². The van der Waals surface area contributed by atoms with Gasteiger partial charge in [-0.15, -0.1) is 0 Å². The van der Waals surface area contributed by atoms with E-state index in [4.69, 9.17) is 5.73 Å². The van der Waals surface area contributed by atoms with Gasteiger partial charge in [-0.1, -0.05) is 19.8 Å². The third-order valence-electron chi connectivity index (χ3n) is 3.75. The highest BCUT2D eigenvalue weighted by atomic mass is 16.2. The van der Waals surface area contributed by atoms with Crippen LogP contribution in [0.2, 0.25) is 0 Å². The van der Waals surface area contributed by atoms with Gasteiger partial charge in [-0.05, 0) is 38.3 Å². The summed E-state index contributed by atoms with van der Waals surface area (Å²) in [7, 11) is 0. The van der Waals surface area contributed by atoms with Crippen LogP contribution in [0.25, 0.3) is 0 Å². The molecule has 0 saturated carbocycles. The third kappa shape index (κ3) is 3.93. The quantitative estimate of drug-likeness (QED) is 0.730. The van der Waals surface area contributed by atoms with Gasteiger partial charge in [-0.3, -0.25) is 14.4 Å². The summed E-state index contributed by atoms with van der Waals surface area (Å²) in [5.74, 6) is -1.15. The molecule has 0 unspecified atom stereocenters. The molecule has 0 aliphatic heterocycles. The van der Waals surface area contributed by atoms with Crippen LogP contribution in [-0.4, -0.2) is 22.8 Å². The molecule has 0 aliphatic carbocycles. The summed E-state index contributed by atoms with van der Waals surface area (Å²) in [5, 5.41) is 2.56. The number of H-pyrrole nitrogens is 1. The summed E-state index contributed by atoms with van der Waals surface area (Å²) in [6.45, 7) is 7.31. The summed E-state index contributed by atoms with van der Waals surface area (Å²) >= 11 is 0. The van der Waals surface area contributed by atoms with Crippen LogP contribution < -0.4 is 16.6 Å². The van der Waals surface area contributed by atoms with Crippen molar-refractivity contribution in [2.24, 2.45) is 5.73 Å². The SMILES string of the molecule is CCCC[C@@H](NC(=O)c1c(C)c(C)c(C)[nH]c1=O)C(N)=O. The number of nitrogens with two attached hydrogens (primary N) is 1. The standard InChI is InChI=1S/C15H23N3O3/c1-5-6-7-11(13(16)19)18-15(21)12-9(3)8(2)10(4)17-14(12)20/h11H,5-7H2,1-4H3,(H2,16,19)(H,17,20)(H,18,21)/t11-/m1/s1. The maximum atomic E-state index is 12.3. The maximum absolute atomic E-state index is 12.3. The van der Waals surface area contributed by atoms with Crippen LogP contribution in [-0.2, 0) is 4.79 Å². The molecule has 0 aromatic carbocycles. The highest BCUT2D eigenvalue weighted by molar-refractivity contribution is 5.98. The molecule has 0 aliphatic rings. The molecule has 116 valence electrons. The summed E-state index contributed by atoms with van der Waals surface area (Å²) in [6.07, 6.45) is 2.14. The average Bonchev–Trinajstić information content (AvgIpc) is 2.40. The van der Waals surface area contributed by atoms with E-state index >= 15 is 0 Å². The molecule has 6 heteroatoms. The number of aromatic nitrogens is 1.